The summed E-state index contributed by atoms with van der Waals surface area (Å²) in [6.07, 6.45) is -4.52. The second kappa shape index (κ2) is 26.0. The number of hydrogen-bond donors (Lipinski definition) is 0. The topological polar surface area (TPSA) is 22.9 Å². The average Bonchev–Trinajstić information content (AvgIpc) is 1.28. The molecule has 0 atom stereocenters. The first-order chi connectivity index (χ1) is 51.1. The zero-order valence-electron chi connectivity index (χ0n) is 61.5. The molecule has 0 N–H and O–H groups in total. The Morgan fingerprint density at radius 1 is 0.415 bits per heavy atom. The van der Waals surface area contributed by atoms with Crippen molar-refractivity contribution in [3.63, 3.8) is 0 Å². The Morgan fingerprint density at radius 2 is 0.934 bits per heavy atom. The van der Waals surface area contributed by atoms with Crippen molar-refractivity contribution in [2.75, 3.05) is 14.7 Å². The Balaban J connectivity index is 1.03. The van der Waals surface area contributed by atoms with Crippen LogP contribution in [0.25, 0.3) is 43.2 Å². The number of para-hydroxylation sites is 3. The van der Waals surface area contributed by atoms with Crippen LogP contribution in [0.3, 0.4) is 0 Å². The van der Waals surface area contributed by atoms with Crippen LogP contribution in [-0.2, 0) is 22.4 Å². The summed E-state index contributed by atoms with van der Waals surface area (Å²) >= 11 is 1.87. The van der Waals surface area contributed by atoms with Crippen molar-refractivity contribution >= 4 is 135 Å². The maximum atomic E-state index is 15.0. The van der Waals surface area contributed by atoms with E-state index in [4.69, 9.17) is 4.42 Å². The highest BCUT2D eigenvalue weighted by molar-refractivity contribution is 7.33. The highest BCUT2D eigenvalue weighted by atomic mass is 32.1. The minimum Gasteiger partial charge on any atom is -0.454 e. The number of fused-ring (bicyclic) bond motifs is 9. The van der Waals surface area contributed by atoms with Crippen LogP contribution in [0.4, 0.5) is 64.4 Å². The largest absolute Gasteiger partial charge is 0.454 e. The monoisotopic (exact) mass is 1420 g/mol. The number of rotatable bonds is 14. The average molecular weight is 1420 g/mol. The van der Waals surface area contributed by atoms with E-state index in [0.29, 0.717) is 0 Å². The summed E-state index contributed by atoms with van der Waals surface area (Å²) in [5.41, 5.74) is 20.4. The second-order valence-corrected chi connectivity index (χ2v) is 37.8. The summed E-state index contributed by atoms with van der Waals surface area (Å²) in [6.45, 7) is 22.5. The lowest BCUT2D eigenvalue weighted by Gasteiger charge is -2.46. The van der Waals surface area contributed by atoms with E-state index in [1.54, 1.807) is 12.1 Å². The molecule has 0 radical (unpaired) electrons. The molecule has 0 aliphatic carbocycles. The molecular weight excluding hydrogens is 1340 g/mol. The van der Waals surface area contributed by atoms with Crippen LogP contribution in [0.5, 0.6) is 0 Å². The van der Waals surface area contributed by atoms with Gasteiger partial charge in [0.05, 0.1) is 28.0 Å². The molecule has 0 amide bonds. The van der Waals surface area contributed by atoms with E-state index < -0.39 is 25.2 Å². The van der Waals surface area contributed by atoms with Gasteiger partial charge in [0.2, 0.25) is 0 Å². The normalized spacial score (nSPS) is 13.3. The molecule has 522 valence electrons. The highest BCUT2D eigenvalue weighted by Crippen LogP contribution is 2.54. The van der Waals surface area contributed by atoms with Gasteiger partial charge < -0.3 is 19.1 Å². The molecule has 106 heavy (non-hydrogen) atoms. The number of hydrogen-bond acceptors (Lipinski definition) is 5. The molecule has 2 aliphatic rings. The van der Waals surface area contributed by atoms with Gasteiger partial charge in [-0.3, -0.25) is 0 Å². The first kappa shape index (κ1) is 68.2. The van der Waals surface area contributed by atoms with Crippen LogP contribution >= 0.6 is 11.3 Å². The Labute approximate surface area is 625 Å². The number of benzene rings is 13. The summed E-state index contributed by atoms with van der Waals surface area (Å²) in [7, 11) is -3.25. The van der Waals surface area contributed by atoms with Crippen molar-refractivity contribution in [2.45, 2.75) is 103 Å². The number of halogens is 3. The molecule has 15 aromatic rings. The van der Waals surface area contributed by atoms with Crippen LogP contribution in [0, 0.1) is 0 Å². The van der Waals surface area contributed by atoms with Crippen molar-refractivity contribution in [1.82, 2.24) is 0 Å². The first-order valence-corrected chi connectivity index (χ1v) is 40.0. The van der Waals surface area contributed by atoms with E-state index in [9.17, 15) is 13.2 Å². The molecule has 2 aliphatic heterocycles. The van der Waals surface area contributed by atoms with Gasteiger partial charge in [-0.1, -0.05) is 305 Å². The minimum absolute atomic E-state index is 0.00761. The Morgan fingerprint density at radius 3 is 1.53 bits per heavy atom. The third kappa shape index (κ3) is 11.1. The lowest BCUT2D eigenvalue weighted by Crippen LogP contribution is -2.65. The predicted octanol–water partition coefficient (Wildman–Crippen LogP) is 24.4. The predicted molar refractivity (Wildman–Crippen MR) is 446 cm³/mol. The minimum atomic E-state index is -4.52. The molecule has 10 heteroatoms. The molecule has 13 aromatic carbocycles. The molecule has 0 unspecified atom stereocenters. The summed E-state index contributed by atoms with van der Waals surface area (Å²) in [6, 6.07) is 111. The SMILES string of the molecule is CC(C)[Si](c1ccc(C(F)(F)F)cc1)(c1cc2c3c(c1)N(c1cccc4c1oc1ccccc14)c1cc(N(c4ccc(C(C)(C)C)cc4)c4ccccc4-c4ccccc4)ccc1B3c1sc3ccc(C(c4ccccc4)(c4ccccc4)c4ccccc4)cc3c1N2c1ccc(C(C)(C)C)cc1)C(C)C. The van der Waals surface area contributed by atoms with Gasteiger partial charge in [-0.25, -0.2) is 0 Å². The number of anilines is 9. The third-order valence-electron chi connectivity index (χ3n) is 22.8. The van der Waals surface area contributed by atoms with Gasteiger partial charge >= 0.3 is 6.18 Å². The van der Waals surface area contributed by atoms with Gasteiger partial charge in [0.25, 0.3) is 6.71 Å². The fourth-order valence-electron chi connectivity index (χ4n) is 17.9. The number of alkyl halides is 3. The zero-order chi connectivity index (χ0) is 73.2. The lowest BCUT2D eigenvalue weighted by atomic mass is 9.36. The molecule has 0 saturated carbocycles. The van der Waals surface area contributed by atoms with Gasteiger partial charge in [0.1, 0.15) is 13.7 Å². The van der Waals surface area contributed by atoms with Crippen LogP contribution in [-0.4, -0.2) is 14.8 Å². The molecule has 4 nitrogen and oxygen atoms in total. The maximum absolute atomic E-state index is 15.0. The van der Waals surface area contributed by atoms with Gasteiger partial charge in [-0.2, -0.15) is 13.2 Å². The van der Waals surface area contributed by atoms with Gasteiger partial charge in [-0.05, 0) is 156 Å². The summed E-state index contributed by atoms with van der Waals surface area (Å²) in [4.78, 5) is 7.51. The smallest absolute Gasteiger partial charge is 0.416 e. The summed E-state index contributed by atoms with van der Waals surface area (Å²) < 4.78 is 54.5. The van der Waals surface area contributed by atoms with Crippen molar-refractivity contribution < 1.29 is 17.6 Å². The quantitative estimate of drug-likeness (QED) is 0.0799. The van der Waals surface area contributed by atoms with Gasteiger partial charge in [0.15, 0.2) is 5.58 Å². The van der Waals surface area contributed by atoms with E-state index in [1.807, 2.05) is 17.4 Å². The number of nitrogens with zero attached hydrogens (tertiary/aromatic N) is 3. The van der Waals surface area contributed by atoms with E-state index in [1.165, 1.54) is 28.0 Å². The van der Waals surface area contributed by atoms with Gasteiger partial charge in [0, 0.05) is 65.3 Å². The molecule has 2 aromatic heterocycles. The Kier molecular flexibility index (Phi) is 16.7. The molecule has 0 bridgehead atoms. The maximum Gasteiger partial charge on any atom is 0.416 e. The standard InChI is InChI=1S/C96H83BF3N3OSSi/c1-62(2)106(63(3)4,75-54-46-70(47-55-75)96(98,99)100)76-60-85-89-86(61-76)103(83-40-27-38-79-78-37-24-26-41-87(78)104-91(79)83)84-59-74(101(72-49-42-65(43-50-72)93(5,6)7)82-39-25-23-36-77(82)64-28-15-11-16-29-64)53-56-81(84)97(89)92-90(102(85)73-51-44-66(45-52-73)94(8,9)10)80-58-71(48-57-88(80)105-92)95(67-30-17-12-18-31-67,68-32-19-13-20-33-68)69-34-21-14-22-35-69/h11-63H,1-10H3. The van der Waals surface area contributed by atoms with E-state index in [0.717, 1.165) is 138 Å². The molecule has 0 spiro atoms. The summed E-state index contributed by atoms with van der Waals surface area (Å²) in [5.74, 6) is 0. The Hall–Kier alpha value is -10.9. The number of furan rings is 1. The summed E-state index contributed by atoms with van der Waals surface area (Å²) in [5, 5.41) is 5.21. The van der Waals surface area contributed by atoms with Crippen molar-refractivity contribution in [3.8, 4) is 11.1 Å². The van der Waals surface area contributed by atoms with Crippen molar-refractivity contribution in [2.24, 2.45) is 0 Å². The van der Waals surface area contributed by atoms with E-state index in [2.05, 4.69) is 363 Å². The van der Waals surface area contributed by atoms with Crippen molar-refractivity contribution in [1.29, 1.82) is 0 Å². The van der Waals surface area contributed by atoms with Gasteiger partial charge in [-0.15, -0.1) is 11.3 Å². The molecule has 0 saturated heterocycles. The van der Waals surface area contributed by atoms with Crippen LogP contribution < -0.4 is 40.8 Å². The number of thiophene rings is 1. The first-order valence-electron chi connectivity index (χ1n) is 37.0. The van der Waals surface area contributed by atoms with Crippen LogP contribution in [0.2, 0.25) is 11.1 Å². The third-order valence-corrected chi connectivity index (χ3v) is 30.2. The lowest BCUT2D eigenvalue weighted by molar-refractivity contribution is -0.137. The molecule has 17 rings (SSSR count). The van der Waals surface area contributed by atoms with E-state index in [-0.39, 0.29) is 28.6 Å². The zero-order valence-corrected chi connectivity index (χ0v) is 63.3. The molecule has 0 fully saturated rings. The van der Waals surface area contributed by atoms with Crippen LogP contribution in [0.15, 0.2) is 314 Å². The van der Waals surface area contributed by atoms with E-state index >= 15 is 0 Å². The van der Waals surface area contributed by atoms with Crippen LogP contribution in [0.1, 0.15) is 108 Å². The highest BCUT2D eigenvalue weighted by Gasteiger charge is 2.51. The molecule has 4 heterocycles. The molecular formula is C96H83BF3N3OSSi. The Bertz CT molecular complexity index is 5700. The second-order valence-electron chi connectivity index (χ2n) is 31.5. The fraction of sp³-hybridized carbons (Fsp3) is 0.167. The van der Waals surface area contributed by atoms with Crippen molar-refractivity contribution in [3.05, 3.63) is 348 Å². The fourth-order valence-corrected chi connectivity index (χ4v) is 25.0.